The smallest absolute Gasteiger partial charge is 0.129 e. The second-order valence-corrected chi connectivity index (χ2v) is 4.73. The van der Waals surface area contributed by atoms with E-state index in [-0.39, 0.29) is 5.82 Å². The van der Waals surface area contributed by atoms with E-state index in [1.54, 1.807) is 26.0 Å². The summed E-state index contributed by atoms with van der Waals surface area (Å²) in [5, 5.41) is 10.0. The molecular weight excluding hydrogens is 203 g/mol. The number of aryl methyl sites for hydroxylation is 2. The zero-order chi connectivity index (χ0) is 12.3. The fraction of sp³-hybridized carbons (Fsp3) is 0.571. The largest absolute Gasteiger partial charge is 0.388 e. The molecule has 0 aliphatic heterocycles. The molecule has 0 heterocycles. The Morgan fingerprint density at radius 1 is 1.25 bits per heavy atom. The molecule has 0 fully saturated rings. The van der Waals surface area contributed by atoms with Crippen molar-refractivity contribution in [2.45, 2.75) is 46.6 Å². The lowest BCUT2D eigenvalue weighted by Gasteiger charge is -2.16. The van der Waals surface area contributed by atoms with Crippen LogP contribution in [0, 0.1) is 25.6 Å². The Balaban J connectivity index is 2.88. The summed E-state index contributed by atoms with van der Waals surface area (Å²) in [6.07, 6.45) is 1.31. The van der Waals surface area contributed by atoms with Crippen molar-refractivity contribution in [1.29, 1.82) is 0 Å². The highest BCUT2D eigenvalue weighted by molar-refractivity contribution is 5.31. The molecule has 1 rings (SSSR count). The molecule has 0 bridgehead atoms. The molecule has 0 radical (unpaired) electrons. The number of aliphatic hydroxyl groups excluding tert-OH is 1. The summed E-state index contributed by atoms with van der Waals surface area (Å²) in [5.41, 5.74) is 2.05. The van der Waals surface area contributed by atoms with Crippen molar-refractivity contribution in [3.05, 3.63) is 34.6 Å². The molecule has 1 aromatic carbocycles. The van der Waals surface area contributed by atoms with Crippen LogP contribution in [-0.4, -0.2) is 5.11 Å². The third kappa shape index (κ3) is 3.05. The maximum absolute atomic E-state index is 13.4. The topological polar surface area (TPSA) is 20.2 Å². The Morgan fingerprint density at radius 2 is 1.75 bits per heavy atom. The summed E-state index contributed by atoms with van der Waals surface area (Å²) >= 11 is 0. The molecule has 0 aliphatic rings. The minimum Gasteiger partial charge on any atom is -0.388 e. The van der Waals surface area contributed by atoms with Crippen LogP contribution in [0.15, 0.2) is 12.1 Å². The Bertz CT molecular complexity index is 337. The van der Waals surface area contributed by atoms with Gasteiger partial charge in [-0.15, -0.1) is 0 Å². The molecule has 0 amide bonds. The summed E-state index contributed by atoms with van der Waals surface area (Å²) in [5.74, 6) is 0.320. The predicted molar refractivity (Wildman–Crippen MR) is 64.9 cm³/mol. The molecule has 2 heteroatoms. The number of aliphatic hydroxyl groups is 1. The number of hydrogen-bond acceptors (Lipinski definition) is 1. The first kappa shape index (κ1) is 13.2. The second kappa shape index (κ2) is 5.44. The van der Waals surface area contributed by atoms with Gasteiger partial charge in [-0.05, 0) is 42.9 Å². The van der Waals surface area contributed by atoms with Crippen molar-refractivity contribution < 1.29 is 9.50 Å². The molecule has 1 aromatic rings. The third-order valence-electron chi connectivity index (χ3n) is 3.17. The van der Waals surface area contributed by atoms with E-state index in [9.17, 15) is 9.50 Å². The highest BCUT2D eigenvalue weighted by Crippen LogP contribution is 2.25. The van der Waals surface area contributed by atoms with Crippen LogP contribution in [0.2, 0.25) is 0 Å². The van der Waals surface area contributed by atoms with Gasteiger partial charge in [0.2, 0.25) is 0 Å². The summed E-state index contributed by atoms with van der Waals surface area (Å²) in [6, 6.07) is 3.49. The summed E-state index contributed by atoms with van der Waals surface area (Å²) < 4.78 is 13.4. The van der Waals surface area contributed by atoms with Gasteiger partial charge in [-0.1, -0.05) is 32.4 Å². The number of halogens is 1. The van der Waals surface area contributed by atoms with Crippen molar-refractivity contribution in [2.75, 3.05) is 0 Å². The second-order valence-electron chi connectivity index (χ2n) is 4.73. The molecule has 2 unspecified atom stereocenters. The quantitative estimate of drug-likeness (QED) is 0.822. The fourth-order valence-corrected chi connectivity index (χ4v) is 1.86. The average molecular weight is 224 g/mol. The van der Waals surface area contributed by atoms with Crippen LogP contribution in [0.5, 0.6) is 0 Å². The molecule has 2 atom stereocenters. The highest BCUT2D eigenvalue weighted by Gasteiger charge is 2.14. The molecule has 0 aromatic heterocycles. The van der Waals surface area contributed by atoms with E-state index < -0.39 is 6.10 Å². The van der Waals surface area contributed by atoms with E-state index in [1.807, 2.05) is 0 Å². The number of rotatable bonds is 4. The SMILES string of the molecule is CCC(C)CC(O)c1cc(C)c(F)c(C)c1. The Kier molecular flexibility index (Phi) is 4.48. The lowest BCUT2D eigenvalue weighted by atomic mass is 9.94. The standard InChI is InChI=1S/C14H21FO/c1-5-9(2)6-13(16)12-7-10(3)14(15)11(4)8-12/h7-9,13,16H,5-6H2,1-4H3. The molecular formula is C14H21FO. The summed E-state index contributed by atoms with van der Waals surface area (Å²) in [7, 11) is 0. The van der Waals surface area contributed by atoms with Crippen LogP contribution in [0.3, 0.4) is 0 Å². The van der Waals surface area contributed by atoms with Crippen molar-refractivity contribution >= 4 is 0 Å². The molecule has 0 saturated heterocycles. The first-order chi connectivity index (χ1) is 7.45. The number of hydrogen-bond donors (Lipinski definition) is 1. The molecule has 0 aliphatic carbocycles. The molecule has 90 valence electrons. The van der Waals surface area contributed by atoms with Crippen LogP contribution >= 0.6 is 0 Å². The van der Waals surface area contributed by atoms with Gasteiger partial charge < -0.3 is 5.11 Å². The normalized spacial score (nSPS) is 14.9. The Hall–Kier alpha value is -0.890. The van der Waals surface area contributed by atoms with Gasteiger partial charge in [-0.25, -0.2) is 4.39 Å². The Labute approximate surface area is 97.3 Å². The van der Waals surface area contributed by atoms with E-state index >= 15 is 0 Å². The van der Waals surface area contributed by atoms with Crippen LogP contribution in [0.25, 0.3) is 0 Å². The van der Waals surface area contributed by atoms with Crippen LogP contribution in [0.4, 0.5) is 4.39 Å². The van der Waals surface area contributed by atoms with Crippen molar-refractivity contribution in [3.8, 4) is 0 Å². The molecule has 1 N–H and O–H groups in total. The van der Waals surface area contributed by atoms with Gasteiger partial charge in [-0.3, -0.25) is 0 Å². The van der Waals surface area contributed by atoms with Crippen LogP contribution in [0.1, 0.15) is 49.5 Å². The van der Waals surface area contributed by atoms with Crippen LogP contribution < -0.4 is 0 Å². The third-order valence-corrected chi connectivity index (χ3v) is 3.17. The maximum Gasteiger partial charge on any atom is 0.129 e. The van der Waals surface area contributed by atoms with E-state index in [0.29, 0.717) is 17.0 Å². The molecule has 1 nitrogen and oxygen atoms in total. The zero-order valence-electron chi connectivity index (χ0n) is 10.5. The summed E-state index contributed by atoms with van der Waals surface area (Å²) in [6.45, 7) is 7.70. The minimum atomic E-state index is -0.479. The van der Waals surface area contributed by atoms with Gasteiger partial charge in [0.15, 0.2) is 0 Å². The van der Waals surface area contributed by atoms with E-state index in [4.69, 9.17) is 0 Å². The van der Waals surface area contributed by atoms with Gasteiger partial charge in [0.1, 0.15) is 5.82 Å². The Morgan fingerprint density at radius 3 is 2.19 bits per heavy atom. The van der Waals surface area contributed by atoms with Crippen molar-refractivity contribution in [1.82, 2.24) is 0 Å². The van der Waals surface area contributed by atoms with Crippen molar-refractivity contribution in [2.24, 2.45) is 5.92 Å². The predicted octanol–water partition coefficient (Wildman–Crippen LogP) is 3.91. The lowest BCUT2D eigenvalue weighted by molar-refractivity contribution is 0.146. The van der Waals surface area contributed by atoms with E-state index in [2.05, 4.69) is 13.8 Å². The first-order valence-electron chi connectivity index (χ1n) is 5.90. The highest BCUT2D eigenvalue weighted by atomic mass is 19.1. The number of benzene rings is 1. The van der Waals surface area contributed by atoms with E-state index in [1.165, 1.54) is 0 Å². The monoisotopic (exact) mass is 224 g/mol. The van der Waals surface area contributed by atoms with Gasteiger partial charge in [-0.2, -0.15) is 0 Å². The van der Waals surface area contributed by atoms with Gasteiger partial charge in [0.25, 0.3) is 0 Å². The van der Waals surface area contributed by atoms with Gasteiger partial charge >= 0.3 is 0 Å². The molecule has 16 heavy (non-hydrogen) atoms. The first-order valence-corrected chi connectivity index (χ1v) is 5.90. The van der Waals surface area contributed by atoms with Gasteiger partial charge in [0, 0.05) is 0 Å². The summed E-state index contributed by atoms with van der Waals surface area (Å²) in [4.78, 5) is 0. The zero-order valence-corrected chi connectivity index (χ0v) is 10.5. The lowest BCUT2D eigenvalue weighted by Crippen LogP contribution is -2.05. The fourth-order valence-electron chi connectivity index (χ4n) is 1.86. The average Bonchev–Trinajstić information content (AvgIpc) is 2.24. The van der Waals surface area contributed by atoms with Crippen LogP contribution in [-0.2, 0) is 0 Å². The molecule has 0 spiro atoms. The minimum absolute atomic E-state index is 0.167. The van der Waals surface area contributed by atoms with Gasteiger partial charge in [0.05, 0.1) is 6.10 Å². The van der Waals surface area contributed by atoms with E-state index in [0.717, 1.165) is 18.4 Å². The van der Waals surface area contributed by atoms with Crippen molar-refractivity contribution in [3.63, 3.8) is 0 Å². The molecule has 0 saturated carbocycles. The maximum atomic E-state index is 13.4.